The molecule has 2 aliphatic rings. The average molecular weight is 486 g/mol. The highest BCUT2D eigenvalue weighted by atomic mass is 19.4. The summed E-state index contributed by atoms with van der Waals surface area (Å²) in [4.78, 5) is 13.7. The number of unbranched alkanes of at least 4 members (excludes halogenated alkanes) is 4. The number of carbonyl (C=O) groups excluding carboxylic acids is 1. The number of rotatable bonds is 7. The van der Waals surface area contributed by atoms with Crippen molar-refractivity contribution in [3.8, 4) is 0 Å². The molecular formula is C27H42F3NO3. The first-order valence-corrected chi connectivity index (χ1v) is 12.5. The molecule has 1 heterocycles. The minimum atomic E-state index is -4.35. The first kappa shape index (κ1) is 28.5. The van der Waals surface area contributed by atoms with Gasteiger partial charge in [-0.15, -0.1) is 0 Å². The van der Waals surface area contributed by atoms with Crippen molar-refractivity contribution < 1.29 is 27.4 Å². The van der Waals surface area contributed by atoms with Crippen LogP contribution < -0.4 is 0 Å². The topological polar surface area (TPSA) is 38.8 Å². The Morgan fingerprint density at radius 2 is 1.65 bits per heavy atom. The van der Waals surface area contributed by atoms with Crippen molar-refractivity contribution in [2.75, 3.05) is 13.1 Å². The first-order valence-electron chi connectivity index (χ1n) is 12.5. The fourth-order valence-corrected chi connectivity index (χ4v) is 4.46. The maximum absolute atomic E-state index is 13.0. The molecule has 1 amide bonds. The highest BCUT2D eigenvalue weighted by Gasteiger charge is 2.54. The Labute approximate surface area is 203 Å². The fourth-order valence-electron chi connectivity index (χ4n) is 4.46. The minimum Gasteiger partial charge on any atom is -0.444 e. The maximum Gasteiger partial charge on any atom is 0.416 e. The highest BCUT2D eigenvalue weighted by Crippen LogP contribution is 2.50. The van der Waals surface area contributed by atoms with E-state index >= 15 is 0 Å². The molecule has 0 unspecified atom stereocenters. The molecule has 4 nitrogen and oxygen atoms in total. The van der Waals surface area contributed by atoms with Gasteiger partial charge in [0, 0.05) is 18.5 Å². The molecule has 7 heteroatoms. The largest absolute Gasteiger partial charge is 0.444 e. The van der Waals surface area contributed by atoms with Gasteiger partial charge in [-0.25, -0.2) is 4.79 Å². The lowest BCUT2D eigenvalue weighted by molar-refractivity contribution is -0.151. The van der Waals surface area contributed by atoms with Crippen LogP contribution in [0.1, 0.15) is 96.3 Å². The number of carbonyl (C=O) groups is 1. The predicted octanol–water partition coefficient (Wildman–Crippen LogP) is 7.91. The average Bonchev–Trinajstić information content (AvgIpc) is 2.65. The van der Waals surface area contributed by atoms with Crippen molar-refractivity contribution in [2.45, 2.75) is 111 Å². The third-order valence-corrected chi connectivity index (χ3v) is 6.33. The number of nitrogens with zero attached hydrogens (tertiary/aromatic N) is 1. The molecule has 1 aromatic carbocycles. The molecule has 0 N–H and O–H groups in total. The van der Waals surface area contributed by atoms with E-state index in [1.807, 2.05) is 20.8 Å². The number of ether oxygens (including phenoxy) is 2. The quantitative estimate of drug-likeness (QED) is 0.368. The molecule has 1 aliphatic heterocycles. The highest BCUT2D eigenvalue weighted by molar-refractivity contribution is 5.69. The molecule has 0 atom stereocenters. The van der Waals surface area contributed by atoms with E-state index in [-0.39, 0.29) is 29.8 Å². The predicted molar refractivity (Wildman–Crippen MR) is 129 cm³/mol. The van der Waals surface area contributed by atoms with E-state index in [0.29, 0.717) is 18.7 Å². The summed E-state index contributed by atoms with van der Waals surface area (Å²) in [6.45, 7) is 12.9. The number of alkyl halides is 3. The molecule has 1 spiro atoms. The van der Waals surface area contributed by atoms with Crippen molar-refractivity contribution in [1.82, 2.24) is 4.90 Å². The summed E-state index contributed by atoms with van der Waals surface area (Å²) in [5.41, 5.74) is -0.288. The Hall–Kier alpha value is -1.76. The van der Waals surface area contributed by atoms with Gasteiger partial charge in [-0.05, 0) is 57.7 Å². The van der Waals surface area contributed by atoms with Crippen molar-refractivity contribution in [3.05, 3.63) is 34.9 Å². The van der Waals surface area contributed by atoms with Crippen molar-refractivity contribution in [3.63, 3.8) is 0 Å². The number of aryl methyl sites for hydroxylation is 1. The summed E-state index contributed by atoms with van der Waals surface area (Å²) in [5.74, 6) is 0. The molecule has 1 aliphatic carbocycles. The van der Waals surface area contributed by atoms with Gasteiger partial charge >= 0.3 is 12.3 Å². The number of hydrogen-bond donors (Lipinski definition) is 0. The van der Waals surface area contributed by atoms with E-state index in [1.54, 1.807) is 11.0 Å². The van der Waals surface area contributed by atoms with Crippen LogP contribution in [0.2, 0.25) is 0 Å². The van der Waals surface area contributed by atoms with Gasteiger partial charge in [0.25, 0.3) is 0 Å². The number of hydrogen-bond acceptors (Lipinski definition) is 3. The third kappa shape index (κ3) is 8.47. The normalized spacial score (nSPS) is 17.5. The second-order valence-corrected chi connectivity index (χ2v) is 10.9. The van der Waals surface area contributed by atoms with Gasteiger partial charge in [0.15, 0.2) is 0 Å². The molecule has 2 fully saturated rings. The van der Waals surface area contributed by atoms with Gasteiger partial charge < -0.3 is 14.4 Å². The number of halogens is 3. The van der Waals surface area contributed by atoms with Crippen LogP contribution >= 0.6 is 0 Å². The van der Waals surface area contributed by atoms with Gasteiger partial charge in [-0.3, -0.25) is 0 Å². The molecule has 194 valence electrons. The summed E-state index contributed by atoms with van der Waals surface area (Å²) >= 11 is 0. The molecule has 1 aromatic rings. The summed E-state index contributed by atoms with van der Waals surface area (Å²) in [7, 11) is 0. The van der Waals surface area contributed by atoms with Crippen LogP contribution in [0.5, 0.6) is 0 Å². The van der Waals surface area contributed by atoms with Crippen LogP contribution in [0.4, 0.5) is 18.0 Å². The lowest BCUT2D eigenvalue weighted by Crippen LogP contribution is -2.65. The van der Waals surface area contributed by atoms with E-state index in [9.17, 15) is 18.0 Å². The molecule has 1 saturated carbocycles. The molecule has 0 aromatic heterocycles. The van der Waals surface area contributed by atoms with Gasteiger partial charge in [0.2, 0.25) is 0 Å². The van der Waals surface area contributed by atoms with E-state index in [0.717, 1.165) is 18.9 Å². The summed E-state index contributed by atoms with van der Waals surface area (Å²) in [6, 6.07) is 4.32. The zero-order valence-electron chi connectivity index (χ0n) is 21.7. The van der Waals surface area contributed by atoms with Crippen LogP contribution in [-0.4, -0.2) is 35.8 Å². The van der Waals surface area contributed by atoms with Gasteiger partial charge in [-0.2, -0.15) is 13.2 Å². The van der Waals surface area contributed by atoms with E-state index in [2.05, 4.69) is 13.8 Å². The standard InChI is InChI=1S/C20H26F3NO3.C7H16/c1-13-5-6-14(7-16(13)20(21,22)23)10-26-15-8-19(9-15)11-24(12-19)17(25)27-18(2,3)4;1-3-5-7-6-4-2/h5-7,15H,8-12H2,1-4H3;3-7H2,1-2H3. The SMILES string of the molecule is CCCCCCC.Cc1ccc(COC2CC3(C2)CN(C(=O)OC(C)(C)C)C3)cc1C(F)(F)F. The Morgan fingerprint density at radius 1 is 1.06 bits per heavy atom. The van der Waals surface area contributed by atoms with Crippen LogP contribution in [0.3, 0.4) is 0 Å². The number of likely N-dealkylation sites (tertiary alicyclic amines) is 1. The molecular weight excluding hydrogens is 443 g/mol. The van der Waals surface area contributed by atoms with Crippen molar-refractivity contribution in [1.29, 1.82) is 0 Å². The molecule has 1 saturated heterocycles. The summed E-state index contributed by atoms with van der Waals surface area (Å²) in [5, 5.41) is 0. The molecule has 0 bridgehead atoms. The van der Waals surface area contributed by atoms with E-state index in [4.69, 9.17) is 9.47 Å². The minimum absolute atomic E-state index is 0.0291. The smallest absolute Gasteiger partial charge is 0.416 e. The third-order valence-electron chi connectivity index (χ3n) is 6.33. The zero-order valence-corrected chi connectivity index (χ0v) is 21.7. The second kappa shape index (κ2) is 11.8. The van der Waals surface area contributed by atoms with Crippen LogP contribution in [0.25, 0.3) is 0 Å². The zero-order chi connectivity index (χ0) is 25.6. The van der Waals surface area contributed by atoms with E-state index < -0.39 is 17.3 Å². The molecule has 3 rings (SSSR count). The van der Waals surface area contributed by atoms with Gasteiger partial charge in [-0.1, -0.05) is 58.1 Å². The number of amides is 1. The summed E-state index contributed by atoms with van der Waals surface area (Å²) in [6.07, 6.45) is 4.04. The van der Waals surface area contributed by atoms with Gasteiger partial charge in [0.05, 0.1) is 18.3 Å². The van der Waals surface area contributed by atoms with E-state index in [1.165, 1.54) is 45.1 Å². The summed E-state index contributed by atoms with van der Waals surface area (Å²) < 4.78 is 50.1. The Morgan fingerprint density at radius 3 is 2.15 bits per heavy atom. The van der Waals surface area contributed by atoms with Crippen LogP contribution in [-0.2, 0) is 22.3 Å². The second-order valence-electron chi connectivity index (χ2n) is 10.9. The Kier molecular flexibility index (Phi) is 9.87. The van der Waals surface area contributed by atoms with Crippen LogP contribution in [0, 0.1) is 12.3 Å². The molecule has 0 radical (unpaired) electrons. The Balaban J connectivity index is 0.000000509. The maximum atomic E-state index is 13.0. The lowest BCUT2D eigenvalue weighted by atomic mass is 9.62. The van der Waals surface area contributed by atoms with Crippen LogP contribution in [0.15, 0.2) is 18.2 Å². The fraction of sp³-hybridized carbons (Fsp3) is 0.741. The monoisotopic (exact) mass is 485 g/mol. The Bertz CT molecular complexity index is 783. The molecule has 34 heavy (non-hydrogen) atoms. The van der Waals surface area contributed by atoms with Crippen molar-refractivity contribution >= 4 is 6.09 Å². The first-order chi connectivity index (χ1) is 15.8. The van der Waals surface area contributed by atoms with Gasteiger partial charge in [0.1, 0.15) is 5.60 Å². The van der Waals surface area contributed by atoms with Crippen molar-refractivity contribution in [2.24, 2.45) is 5.41 Å². The number of benzene rings is 1. The lowest BCUT2D eigenvalue weighted by Gasteiger charge is -2.58.